The molecule has 0 bridgehead atoms. The average Bonchev–Trinajstić information content (AvgIpc) is 2.54. The van der Waals surface area contributed by atoms with Gasteiger partial charge in [0.1, 0.15) is 17.7 Å². The van der Waals surface area contributed by atoms with Crippen LogP contribution in [0.2, 0.25) is 0 Å². The van der Waals surface area contributed by atoms with Crippen LogP contribution < -0.4 is 10.6 Å². The maximum atomic E-state index is 13.8. The van der Waals surface area contributed by atoms with Gasteiger partial charge in [-0.3, -0.25) is 4.79 Å². The topological polar surface area (TPSA) is 69.5 Å². The SMILES string of the molecule is C[C@H]([NH2+][C@H](C)c1ccc(F)cc1F)C(=O)Nc1cccc(C#N)c1. The van der Waals surface area contributed by atoms with Gasteiger partial charge in [-0.1, -0.05) is 6.07 Å². The standard InChI is InChI=1S/C18H17F2N3O/c1-11(16-7-6-14(19)9-17(16)20)22-12(2)18(24)23-15-5-3-4-13(8-15)10-21/h3-9,11-12,22H,1-2H3,(H,23,24)/p+1/t11-,12+/m1/s1. The molecule has 0 fully saturated rings. The zero-order valence-electron chi connectivity index (χ0n) is 13.4. The maximum absolute atomic E-state index is 13.8. The minimum Gasteiger partial charge on any atom is -0.330 e. The molecule has 124 valence electrons. The van der Waals surface area contributed by atoms with Gasteiger partial charge in [-0.05, 0) is 44.2 Å². The average molecular weight is 330 g/mol. The van der Waals surface area contributed by atoms with Crippen LogP contribution in [0.25, 0.3) is 0 Å². The van der Waals surface area contributed by atoms with Gasteiger partial charge in [0.15, 0.2) is 6.04 Å². The van der Waals surface area contributed by atoms with E-state index in [2.05, 4.69) is 5.32 Å². The highest BCUT2D eigenvalue weighted by Gasteiger charge is 2.22. The summed E-state index contributed by atoms with van der Waals surface area (Å²) in [5.74, 6) is -1.53. The van der Waals surface area contributed by atoms with Crippen LogP contribution in [0.5, 0.6) is 0 Å². The smallest absolute Gasteiger partial charge is 0.282 e. The molecule has 2 aromatic carbocycles. The molecule has 0 aliphatic carbocycles. The normalized spacial score (nSPS) is 13.0. The Morgan fingerprint density at radius 1 is 1.21 bits per heavy atom. The summed E-state index contributed by atoms with van der Waals surface area (Å²) < 4.78 is 26.8. The number of nitrogens with one attached hydrogen (secondary N) is 1. The molecular weight excluding hydrogens is 312 g/mol. The first-order chi connectivity index (χ1) is 11.4. The summed E-state index contributed by atoms with van der Waals surface area (Å²) in [5.41, 5.74) is 1.31. The highest BCUT2D eigenvalue weighted by atomic mass is 19.1. The highest BCUT2D eigenvalue weighted by molar-refractivity contribution is 5.93. The lowest BCUT2D eigenvalue weighted by Gasteiger charge is -2.17. The van der Waals surface area contributed by atoms with Crippen molar-refractivity contribution in [1.29, 1.82) is 5.26 Å². The van der Waals surface area contributed by atoms with Crippen molar-refractivity contribution < 1.29 is 18.9 Å². The third kappa shape index (κ3) is 4.37. The molecule has 0 saturated carbocycles. The first-order valence-corrected chi connectivity index (χ1v) is 7.51. The zero-order valence-corrected chi connectivity index (χ0v) is 13.4. The summed E-state index contributed by atoms with van der Waals surface area (Å²) in [4.78, 5) is 12.2. The highest BCUT2D eigenvalue weighted by Crippen LogP contribution is 2.15. The number of carbonyl (C=O) groups excluding carboxylic acids is 1. The fraction of sp³-hybridized carbons (Fsp3) is 0.222. The number of nitrogens with zero attached hydrogens (tertiary/aromatic N) is 1. The first kappa shape index (κ1) is 17.6. The second-order valence-corrected chi connectivity index (χ2v) is 5.62. The molecule has 0 spiro atoms. The van der Waals surface area contributed by atoms with Gasteiger partial charge in [-0.25, -0.2) is 8.78 Å². The van der Waals surface area contributed by atoms with Crippen molar-refractivity contribution in [2.75, 3.05) is 5.32 Å². The van der Waals surface area contributed by atoms with Crippen molar-refractivity contribution in [2.24, 2.45) is 0 Å². The van der Waals surface area contributed by atoms with Crippen molar-refractivity contribution in [1.82, 2.24) is 0 Å². The number of carbonyl (C=O) groups is 1. The van der Waals surface area contributed by atoms with Gasteiger partial charge >= 0.3 is 0 Å². The molecule has 0 aliphatic rings. The molecule has 2 atom stereocenters. The molecule has 0 aromatic heterocycles. The van der Waals surface area contributed by atoms with E-state index in [0.29, 0.717) is 16.8 Å². The summed E-state index contributed by atoms with van der Waals surface area (Å²) in [7, 11) is 0. The minimum atomic E-state index is -0.633. The summed E-state index contributed by atoms with van der Waals surface area (Å²) in [6, 6.07) is 11.2. The first-order valence-electron chi connectivity index (χ1n) is 7.51. The third-order valence-corrected chi connectivity index (χ3v) is 3.70. The Morgan fingerprint density at radius 3 is 2.62 bits per heavy atom. The largest absolute Gasteiger partial charge is 0.330 e. The molecule has 2 aromatic rings. The number of amides is 1. The van der Waals surface area contributed by atoms with E-state index >= 15 is 0 Å². The monoisotopic (exact) mass is 330 g/mol. The van der Waals surface area contributed by atoms with Crippen LogP contribution in [-0.4, -0.2) is 11.9 Å². The molecule has 0 aliphatic heterocycles. The molecule has 0 unspecified atom stereocenters. The van der Waals surface area contributed by atoms with Gasteiger partial charge in [-0.2, -0.15) is 5.26 Å². The fourth-order valence-corrected chi connectivity index (χ4v) is 2.42. The number of halogens is 2. The van der Waals surface area contributed by atoms with Gasteiger partial charge in [0.25, 0.3) is 5.91 Å². The molecule has 6 heteroatoms. The Balaban J connectivity index is 2.01. The number of nitrogens with two attached hydrogens (primary N) is 1. The third-order valence-electron chi connectivity index (χ3n) is 3.70. The number of rotatable bonds is 5. The van der Waals surface area contributed by atoms with Crippen LogP contribution in [0, 0.1) is 23.0 Å². The van der Waals surface area contributed by atoms with E-state index in [0.717, 1.165) is 6.07 Å². The Morgan fingerprint density at radius 2 is 1.96 bits per heavy atom. The van der Waals surface area contributed by atoms with Gasteiger partial charge < -0.3 is 10.6 Å². The van der Waals surface area contributed by atoms with Crippen LogP contribution >= 0.6 is 0 Å². The maximum Gasteiger partial charge on any atom is 0.282 e. The van der Waals surface area contributed by atoms with Gasteiger partial charge in [0.05, 0.1) is 11.6 Å². The van der Waals surface area contributed by atoms with E-state index in [1.165, 1.54) is 12.1 Å². The number of quaternary nitrogens is 1. The number of anilines is 1. The summed E-state index contributed by atoms with van der Waals surface area (Å²) >= 11 is 0. The van der Waals surface area contributed by atoms with E-state index in [9.17, 15) is 13.6 Å². The second kappa shape index (κ2) is 7.66. The van der Waals surface area contributed by atoms with E-state index < -0.39 is 17.7 Å². The van der Waals surface area contributed by atoms with Crippen molar-refractivity contribution in [2.45, 2.75) is 25.9 Å². The summed E-state index contributed by atoms with van der Waals surface area (Å²) in [5, 5.41) is 13.3. The Bertz CT molecular complexity index is 786. The number of hydrogen-bond acceptors (Lipinski definition) is 2. The van der Waals surface area contributed by atoms with Crippen molar-refractivity contribution in [3.05, 3.63) is 65.2 Å². The van der Waals surface area contributed by atoms with Crippen molar-refractivity contribution >= 4 is 11.6 Å². The van der Waals surface area contributed by atoms with Gasteiger partial charge in [-0.15, -0.1) is 0 Å². The van der Waals surface area contributed by atoms with E-state index in [-0.39, 0.29) is 11.9 Å². The summed E-state index contributed by atoms with van der Waals surface area (Å²) in [6.45, 7) is 3.44. The lowest BCUT2D eigenvalue weighted by molar-refractivity contribution is -0.710. The molecule has 0 saturated heterocycles. The summed E-state index contributed by atoms with van der Waals surface area (Å²) in [6.07, 6.45) is 0. The fourth-order valence-electron chi connectivity index (χ4n) is 2.42. The zero-order chi connectivity index (χ0) is 17.7. The molecule has 1 amide bonds. The molecular formula is C18H18F2N3O+. The minimum absolute atomic E-state index is 0.264. The van der Waals surface area contributed by atoms with Crippen LogP contribution in [0.4, 0.5) is 14.5 Å². The van der Waals surface area contributed by atoms with E-state index in [4.69, 9.17) is 5.26 Å². The Labute approximate surface area is 139 Å². The van der Waals surface area contributed by atoms with E-state index in [1.807, 2.05) is 6.07 Å². The van der Waals surface area contributed by atoms with Crippen LogP contribution in [0.1, 0.15) is 31.0 Å². The predicted molar refractivity (Wildman–Crippen MR) is 85.9 cm³/mol. The quantitative estimate of drug-likeness (QED) is 0.884. The lowest BCUT2D eigenvalue weighted by Crippen LogP contribution is -2.91. The van der Waals surface area contributed by atoms with Crippen LogP contribution in [0.3, 0.4) is 0 Å². The molecule has 0 radical (unpaired) electrons. The van der Waals surface area contributed by atoms with E-state index in [1.54, 1.807) is 43.4 Å². The molecule has 2 rings (SSSR count). The predicted octanol–water partition coefficient (Wildman–Crippen LogP) is 2.49. The van der Waals surface area contributed by atoms with Gasteiger partial charge in [0, 0.05) is 17.3 Å². The molecule has 0 heterocycles. The number of benzene rings is 2. The van der Waals surface area contributed by atoms with Crippen molar-refractivity contribution in [3.63, 3.8) is 0 Å². The molecule has 4 nitrogen and oxygen atoms in total. The Kier molecular flexibility index (Phi) is 5.61. The number of hydrogen-bond donors (Lipinski definition) is 2. The van der Waals surface area contributed by atoms with Crippen LogP contribution in [-0.2, 0) is 4.79 Å². The Hall–Kier alpha value is -2.78. The second-order valence-electron chi connectivity index (χ2n) is 5.62. The van der Waals surface area contributed by atoms with Crippen LogP contribution in [0.15, 0.2) is 42.5 Å². The molecule has 24 heavy (non-hydrogen) atoms. The molecule has 3 N–H and O–H groups in total. The van der Waals surface area contributed by atoms with Crippen molar-refractivity contribution in [3.8, 4) is 6.07 Å². The van der Waals surface area contributed by atoms with Gasteiger partial charge in [0.2, 0.25) is 0 Å². The lowest BCUT2D eigenvalue weighted by atomic mass is 10.1. The number of nitriles is 1.